The van der Waals surface area contributed by atoms with Crippen LogP contribution in [0.25, 0.3) is 0 Å². The minimum absolute atomic E-state index is 0.0464. The number of carbonyl (C=O) groups excluding carboxylic acids is 2. The van der Waals surface area contributed by atoms with E-state index in [9.17, 15) is 9.59 Å². The fourth-order valence-corrected chi connectivity index (χ4v) is 4.12. The summed E-state index contributed by atoms with van der Waals surface area (Å²) in [4.78, 5) is 26.3. The quantitative estimate of drug-likeness (QED) is 0.900. The van der Waals surface area contributed by atoms with Gasteiger partial charge in [-0.25, -0.2) is 0 Å². The van der Waals surface area contributed by atoms with Crippen LogP contribution in [0.3, 0.4) is 0 Å². The summed E-state index contributed by atoms with van der Waals surface area (Å²) in [5.74, 6) is 0.541. The summed E-state index contributed by atoms with van der Waals surface area (Å²) in [6.07, 6.45) is 5.52. The topological polar surface area (TPSA) is 67.9 Å². The minimum atomic E-state index is -0.515. The molecule has 1 spiro atoms. The zero-order valence-electron chi connectivity index (χ0n) is 15.4. The molecule has 1 N–H and O–H groups in total. The van der Waals surface area contributed by atoms with Crippen LogP contribution in [0.15, 0.2) is 18.2 Å². The van der Waals surface area contributed by atoms with Gasteiger partial charge in [0.1, 0.15) is 0 Å². The van der Waals surface area contributed by atoms with E-state index in [1.54, 1.807) is 4.90 Å². The number of carbonyl (C=O) groups is 2. The lowest BCUT2D eigenvalue weighted by molar-refractivity contribution is -0.129. The Bertz CT molecular complexity index is 725. The van der Waals surface area contributed by atoms with Crippen molar-refractivity contribution < 1.29 is 19.1 Å². The third-order valence-electron chi connectivity index (χ3n) is 5.57. The number of hydrogen-bond acceptors (Lipinski definition) is 4. The highest BCUT2D eigenvalue weighted by Crippen LogP contribution is 2.46. The molecule has 6 heteroatoms. The fraction of sp³-hybridized carbons (Fsp3) is 0.600. The number of hydrogen-bond donors (Lipinski definition) is 1. The van der Waals surface area contributed by atoms with E-state index >= 15 is 0 Å². The Hall–Kier alpha value is -2.24. The van der Waals surface area contributed by atoms with Crippen molar-refractivity contribution >= 4 is 17.5 Å². The van der Waals surface area contributed by atoms with Crippen LogP contribution in [-0.2, 0) is 9.59 Å². The summed E-state index contributed by atoms with van der Waals surface area (Å²) in [7, 11) is 0. The summed E-state index contributed by atoms with van der Waals surface area (Å²) in [6.45, 7) is 4.42. The van der Waals surface area contributed by atoms with Gasteiger partial charge in [-0.1, -0.05) is 6.42 Å². The van der Waals surface area contributed by atoms with Crippen molar-refractivity contribution in [3.8, 4) is 11.5 Å². The summed E-state index contributed by atoms with van der Waals surface area (Å²) in [5.41, 5.74) is 0.681. The van der Waals surface area contributed by atoms with Gasteiger partial charge in [-0.05, 0) is 38.8 Å². The Labute approximate surface area is 153 Å². The van der Waals surface area contributed by atoms with Crippen molar-refractivity contribution in [3.63, 3.8) is 0 Å². The molecule has 2 fully saturated rings. The molecule has 2 aliphatic heterocycles. The van der Waals surface area contributed by atoms with Crippen LogP contribution in [0.4, 0.5) is 5.69 Å². The number of nitrogens with one attached hydrogen (secondary N) is 1. The third-order valence-corrected chi connectivity index (χ3v) is 5.57. The first kappa shape index (κ1) is 17.2. The molecule has 1 aromatic carbocycles. The van der Waals surface area contributed by atoms with Gasteiger partial charge in [0.2, 0.25) is 11.8 Å². The third kappa shape index (κ3) is 3.13. The Morgan fingerprint density at radius 1 is 1.19 bits per heavy atom. The molecule has 1 aliphatic carbocycles. The molecule has 6 nitrogen and oxygen atoms in total. The highest BCUT2D eigenvalue weighted by molar-refractivity contribution is 5.97. The molecule has 140 valence electrons. The molecule has 4 rings (SSSR count). The highest BCUT2D eigenvalue weighted by Gasteiger charge is 2.42. The van der Waals surface area contributed by atoms with Crippen LogP contribution in [0.5, 0.6) is 11.5 Å². The molecular formula is C20H26N2O4. The van der Waals surface area contributed by atoms with Crippen molar-refractivity contribution in [1.29, 1.82) is 0 Å². The summed E-state index contributed by atoms with van der Waals surface area (Å²) in [5, 5.41) is 2.93. The van der Waals surface area contributed by atoms with E-state index in [1.165, 1.54) is 6.42 Å². The Morgan fingerprint density at radius 2 is 1.92 bits per heavy atom. The number of rotatable bonds is 3. The van der Waals surface area contributed by atoms with Gasteiger partial charge in [0.25, 0.3) is 5.79 Å². The molecule has 1 saturated heterocycles. The lowest BCUT2D eigenvalue weighted by atomic mass is 9.94. The van der Waals surface area contributed by atoms with Crippen molar-refractivity contribution in [2.75, 3.05) is 11.9 Å². The van der Waals surface area contributed by atoms with Gasteiger partial charge in [-0.2, -0.15) is 0 Å². The van der Waals surface area contributed by atoms with Gasteiger partial charge >= 0.3 is 0 Å². The molecule has 2 heterocycles. The van der Waals surface area contributed by atoms with E-state index in [4.69, 9.17) is 9.47 Å². The molecule has 2 amide bonds. The van der Waals surface area contributed by atoms with Crippen LogP contribution >= 0.6 is 0 Å². The van der Waals surface area contributed by atoms with Gasteiger partial charge in [-0.15, -0.1) is 0 Å². The van der Waals surface area contributed by atoms with Gasteiger partial charge in [0.05, 0.1) is 5.92 Å². The number of fused-ring (bicyclic) bond motifs is 1. The maximum Gasteiger partial charge on any atom is 0.251 e. The Kier molecular flexibility index (Phi) is 4.29. The largest absolute Gasteiger partial charge is 0.448 e. The monoisotopic (exact) mass is 358 g/mol. The van der Waals surface area contributed by atoms with Crippen molar-refractivity contribution in [1.82, 2.24) is 4.90 Å². The summed E-state index contributed by atoms with van der Waals surface area (Å²) >= 11 is 0. The number of nitrogens with zero attached hydrogens (tertiary/aromatic N) is 1. The normalized spacial score (nSPS) is 23.7. The second-order valence-corrected chi connectivity index (χ2v) is 7.87. The Morgan fingerprint density at radius 3 is 2.62 bits per heavy atom. The zero-order chi connectivity index (χ0) is 18.3. The van der Waals surface area contributed by atoms with Gasteiger partial charge < -0.3 is 19.7 Å². The number of amides is 2. The molecular weight excluding hydrogens is 332 g/mol. The SMILES string of the molecule is CC(C)N1CC(C(=O)Nc2ccc3c(c2)OC2(CCCCC2)O3)CC1=O. The first-order valence-corrected chi connectivity index (χ1v) is 9.58. The molecule has 0 radical (unpaired) electrons. The highest BCUT2D eigenvalue weighted by atomic mass is 16.7. The first-order valence-electron chi connectivity index (χ1n) is 9.58. The van der Waals surface area contributed by atoms with E-state index in [2.05, 4.69) is 5.32 Å². The van der Waals surface area contributed by atoms with Crippen molar-refractivity contribution in [3.05, 3.63) is 18.2 Å². The molecule has 0 bridgehead atoms. The van der Waals surface area contributed by atoms with Crippen LogP contribution in [-0.4, -0.2) is 35.1 Å². The second kappa shape index (κ2) is 6.49. The number of ether oxygens (including phenoxy) is 2. The second-order valence-electron chi connectivity index (χ2n) is 7.87. The van der Waals surface area contributed by atoms with E-state index in [1.807, 2.05) is 32.0 Å². The molecule has 1 unspecified atom stereocenters. The maximum absolute atomic E-state index is 12.6. The number of anilines is 1. The van der Waals surface area contributed by atoms with Crippen molar-refractivity contribution in [2.45, 2.75) is 64.2 Å². The predicted octanol–water partition coefficient (Wildman–Crippen LogP) is 3.31. The lowest BCUT2D eigenvalue weighted by Crippen LogP contribution is -2.40. The van der Waals surface area contributed by atoms with Crippen LogP contribution in [0.1, 0.15) is 52.4 Å². The van der Waals surface area contributed by atoms with Gasteiger partial charge in [0, 0.05) is 43.6 Å². The standard InChI is InChI=1S/C20H26N2O4/c1-13(2)22-12-14(10-18(22)23)19(24)21-15-6-7-16-17(11-15)26-20(25-16)8-4-3-5-9-20/h6-7,11,13-14H,3-5,8-10,12H2,1-2H3,(H,21,24). The molecule has 26 heavy (non-hydrogen) atoms. The first-order chi connectivity index (χ1) is 12.5. The smallest absolute Gasteiger partial charge is 0.251 e. The average Bonchev–Trinajstić information content (AvgIpc) is 3.15. The molecule has 0 aromatic heterocycles. The van der Waals surface area contributed by atoms with Crippen LogP contribution < -0.4 is 14.8 Å². The summed E-state index contributed by atoms with van der Waals surface area (Å²) < 4.78 is 12.2. The van der Waals surface area contributed by atoms with E-state index < -0.39 is 5.79 Å². The molecule has 3 aliphatic rings. The number of likely N-dealkylation sites (tertiary alicyclic amines) is 1. The van der Waals surface area contributed by atoms with E-state index in [-0.39, 0.29) is 30.2 Å². The number of benzene rings is 1. The van der Waals surface area contributed by atoms with E-state index in [0.29, 0.717) is 18.0 Å². The fourth-order valence-electron chi connectivity index (χ4n) is 4.12. The Balaban J connectivity index is 1.42. The van der Waals surface area contributed by atoms with Crippen molar-refractivity contribution in [2.24, 2.45) is 5.92 Å². The van der Waals surface area contributed by atoms with Crippen LogP contribution in [0.2, 0.25) is 0 Å². The zero-order valence-corrected chi connectivity index (χ0v) is 15.4. The molecule has 1 atom stereocenters. The minimum Gasteiger partial charge on any atom is -0.448 e. The molecule has 1 aromatic rings. The maximum atomic E-state index is 12.6. The lowest BCUT2D eigenvalue weighted by Gasteiger charge is -2.31. The summed E-state index contributed by atoms with van der Waals surface area (Å²) in [6, 6.07) is 5.64. The average molecular weight is 358 g/mol. The van der Waals surface area contributed by atoms with E-state index in [0.717, 1.165) is 31.4 Å². The molecule has 1 saturated carbocycles. The predicted molar refractivity (Wildman–Crippen MR) is 97.1 cm³/mol. The van der Waals surface area contributed by atoms with Gasteiger partial charge in [0.15, 0.2) is 11.5 Å². The van der Waals surface area contributed by atoms with Crippen LogP contribution in [0, 0.1) is 5.92 Å². The van der Waals surface area contributed by atoms with Gasteiger partial charge in [-0.3, -0.25) is 9.59 Å².